The molecule has 0 saturated carbocycles. The van der Waals surface area contributed by atoms with Gasteiger partial charge in [0.25, 0.3) is 0 Å². The molecule has 0 rings (SSSR count). The number of nitrogens with zero attached hydrogens (tertiary/aromatic N) is 1. The van der Waals surface area contributed by atoms with E-state index in [0.717, 1.165) is 32.1 Å². The van der Waals surface area contributed by atoms with E-state index in [9.17, 15) is 0 Å². The summed E-state index contributed by atoms with van der Waals surface area (Å²) in [5.41, 5.74) is 0. The summed E-state index contributed by atoms with van der Waals surface area (Å²) in [6.45, 7) is 14.8. The highest BCUT2D eigenvalue weighted by molar-refractivity contribution is 4.66. The first-order valence-corrected chi connectivity index (χ1v) is 7.49. The molecule has 0 radical (unpaired) electrons. The fourth-order valence-corrected chi connectivity index (χ4v) is 1.59. The zero-order valence-corrected chi connectivity index (χ0v) is 12.4. The first kappa shape index (κ1) is 20.3. The van der Waals surface area contributed by atoms with Crippen molar-refractivity contribution in [2.75, 3.05) is 13.2 Å². The number of allylic oxidation sites excluding steroid dienone is 2. The Kier molecular flexibility index (Phi) is 23.6. The van der Waals surface area contributed by atoms with Gasteiger partial charge in [0.2, 0.25) is 6.54 Å². The largest absolute Gasteiger partial charge is 0.396 e. The number of hydrogen-bond donors (Lipinski definition) is 1. The summed E-state index contributed by atoms with van der Waals surface area (Å²) in [5.74, 6) is 0. The molecule has 2 heteroatoms. The zero-order valence-electron chi connectivity index (χ0n) is 12.4. The lowest BCUT2D eigenvalue weighted by molar-refractivity contribution is 0.282. The van der Waals surface area contributed by atoms with Crippen molar-refractivity contribution < 1.29 is 5.11 Å². The van der Waals surface area contributed by atoms with Crippen LogP contribution in [0.4, 0.5) is 0 Å². The third-order valence-corrected chi connectivity index (χ3v) is 2.74. The molecule has 0 bridgehead atoms. The molecule has 2 nitrogen and oxygen atoms in total. The van der Waals surface area contributed by atoms with E-state index in [2.05, 4.69) is 18.0 Å². The second-order valence-electron chi connectivity index (χ2n) is 4.59. The molecule has 1 N–H and O–H groups in total. The van der Waals surface area contributed by atoms with Gasteiger partial charge in [0.15, 0.2) is 0 Å². The van der Waals surface area contributed by atoms with Crippen LogP contribution in [0.25, 0.3) is 4.85 Å². The third-order valence-electron chi connectivity index (χ3n) is 2.74. The minimum absolute atomic E-state index is 0.341. The van der Waals surface area contributed by atoms with Crippen molar-refractivity contribution >= 4 is 0 Å². The molecule has 0 heterocycles. The summed E-state index contributed by atoms with van der Waals surface area (Å²) >= 11 is 0. The number of hydrogen-bond acceptors (Lipinski definition) is 1. The Morgan fingerprint density at radius 1 is 0.789 bits per heavy atom. The van der Waals surface area contributed by atoms with Gasteiger partial charge < -0.3 is 9.95 Å². The predicted molar refractivity (Wildman–Crippen MR) is 85.1 cm³/mol. The smallest absolute Gasteiger partial charge is 0.214 e. The highest BCUT2D eigenvalue weighted by Gasteiger charge is 1.88. The maximum atomic E-state index is 8.40. The van der Waals surface area contributed by atoms with E-state index >= 15 is 0 Å². The molecular weight excluding hydrogens is 234 g/mol. The van der Waals surface area contributed by atoms with Crippen molar-refractivity contribution in [2.45, 2.75) is 64.2 Å². The maximum Gasteiger partial charge on any atom is 0.214 e. The molecule has 0 saturated heterocycles. The molecule has 0 amide bonds. The average molecular weight is 265 g/mol. The summed E-state index contributed by atoms with van der Waals surface area (Å²) in [7, 11) is 0. The lowest BCUT2D eigenvalue weighted by Crippen LogP contribution is -1.82. The standard InChI is InChI=1S/C9H15N.C8H16O/c1-3-4-5-6-7-8-9-10-2;1-2-3-4-5-6-7-8-9/h3H,1,4-9H2;2,9H,1,3-8H2. The Labute approximate surface area is 120 Å². The van der Waals surface area contributed by atoms with Gasteiger partial charge in [-0.3, -0.25) is 0 Å². The van der Waals surface area contributed by atoms with Gasteiger partial charge in [-0.15, -0.1) is 13.2 Å². The lowest BCUT2D eigenvalue weighted by atomic mass is 10.1. The van der Waals surface area contributed by atoms with Crippen LogP contribution in [-0.4, -0.2) is 18.3 Å². The molecule has 0 fully saturated rings. The van der Waals surface area contributed by atoms with E-state index in [1.807, 2.05) is 12.2 Å². The summed E-state index contributed by atoms with van der Waals surface area (Å²) in [5, 5.41) is 8.40. The second kappa shape index (κ2) is 22.1. The van der Waals surface area contributed by atoms with Crippen LogP contribution >= 0.6 is 0 Å². The van der Waals surface area contributed by atoms with Gasteiger partial charge in [-0.2, -0.15) is 0 Å². The summed E-state index contributed by atoms with van der Waals surface area (Å²) in [6, 6.07) is 0. The SMILES string of the molecule is C=CCCCCCCO.[C-]#[N+]CCCCCCC=C. The molecule has 0 unspecified atom stereocenters. The number of aliphatic hydroxyl groups excluding tert-OH is 1. The van der Waals surface area contributed by atoms with Gasteiger partial charge in [0.1, 0.15) is 0 Å². The van der Waals surface area contributed by atoms with Crippen molar-refractivity contribution in [3.63, 3.8) is 0 Å². The van der Waals surface area contributed by atoms with E-state index in [4.69, 9.17) is 11.7 Å². The molecular formula is C17H31NO. The zero-order chi connectivity index (χ0) is 14.6. The molecule has 19 heavy (non-hydrogen) atoms. The number of rotatable bonds is 12. The molecule has 0 spiro atoms. The van der Waals surface area contributed by atoms with Gasteiger partial charge in [-0.25, -0.2) is 6.57 Å². The Morgan fingerprint density at radius 3 is 1.68 bits per heavy atom. The quantitative estimate of drug-likeness (QED) is 0.294. The third kappa shape index (κ3) is 26.5. The molecule has 110 valence electrons. The molecule has 0 aromatic heterocycles. The normalized spacial score (nSPS) is 9.05. The van der Waals surface area contributed by atoms with E-state index in [-0.39, 0.29) is 0 Å². The molecule has 0 aliphatic heterocycles. The molecule has 0 aliphatic carbocycles. The molecule has 0 aromatic rings. The van der Waals surface area contributed by atoms with Crippen molar-refractivity contribution in [3.8, 4) is 0 Å². The van der Waals surface area contributed by atoms with Gasteiger partial charge >= 0.3 is 0 Å². The Bertz CT molecular complexity index is 218. The van der Waals surface area contributed by atoms with E-state index in [1.165, 1.54) is 32.1 Å². The highest BCUT2D eigenvalue weighted by atomic mass is 16.2. The summed E-state index contributed by atoms with van der Waals surface area (Å²) < 4.78 is 0. The Morgan fingerprint density at radius 2 is 1.26 bits per heavy atom. The summed E-state index contributed by atoms with van der Waals surface area (Å²) in [6.07, 6.45) is 15.5. The van der Waals surface area contributed by atoms with E-state index in [1.54, 1.807) is 0 Å². The average Bonchev–Trinajstić information content (AvgIpc) is 2.43. The van der Waals surface area contributed by atoms with Gasteiger partial charge in [0.05, 0.1) is 0 Å². The van der Waals surface area contributed by atoms with Crippen LogP contribution in [-0.2, 0) is 0 Å². The first-order chi connectivity index (χ1) is 9.33. The van der Waals surface area contributed by atoms with Crippen LogP contribution in [0.1, 0.15) is 64.2 Å². The number of aliphatic hydroxyl groups is 1. The fourth-order valence-electron chi connectivity index (χ4n) is 1.59. The minimum Gasteiger partial charge on any atom is -0.396 e. The maximum absolute atomic E-state index is 8.40. The monoisotopic (exact) mass is 265 g/mol. The van der Waals surface area contributed by atoms with Crippen molar-refractivity contribution in [1.82, 2.24) is 0 Å². The highest BCUT2D eigenvalue weighted by Crippen LogP contribution is 2.03. The van der Waals surface area contributed by atoms with Crippen LogP contribution in [0.5, 0.6) is 0 Å². The van der Waals surface area contributed by atoms with Crippen LogP contribution in [0.2, 0.25) is 0 Å². The first-order valence-electron chi connectivity index (χ1n) is 7.49. The van der Waals surface area contributed by atoms with E-state index in [0.29, 0.717) is 13.2 Å². The van der Waals surface area contributed by atoms with E-state index < -0.39 is 0 Å². The minimum atomic E-state index is 0.341. The Balaban J connectivity index is 0. The fraction of sp³-hybridized carbons (Fsp3) is 0.706. The van der Waals surface area contributed by atoms with Crippen molar-refractivity contribution in [1.29, 1.82) is 0 Å². The van der Waals surface area contributed by atoms with Crippen molar-refractivity contribution in [2.24, 2.45) is 0 Å². The molecule has 0 aromatic carbocycles. The topological polar surface area (TPSA) is 24.6 Å². The number of unbranched alkanes of at least 4 members (excludes halogenated alkanes) is 8. The lowest BCUT2D eigenvalue weighted by Gasteiger charge is -1.94. The van der Waals surface area contributed by atoms with Gasteiger partial charge in [-0.1, -0.05) is 31.4 Å². The van der Waals surface area contributed by atoms with Crippen LogP contribution in [0.3, 0.4) is 0 Å². The van der Waals surface area contributed by atoms with Crippen LogP contribution in [0.15, 0.2) is 25.3 Å². The van der Waals surface area contributed by atoms with Gasteiger partial charge in [0, 0.05) is 13.0 Å². The van der Waals surface area contributed by atoms with Crippen molar-refractivity contribution in [3.05, 3.63) is 36.7 Å². The Hall–Kier alpha value is -1.07. The van der Waals surface area contributed by atoms with Gasteiger partial charge in [-0.05, 0) is 38.5 Å². The molecule has 0 aliphatic rings. The van der Waals surface area contributed by atoms with Crippen LogP contribution < -0.4 is 0 Å². The predicted octanol–water partition coefficient (Wildman–Crippen LogP) is 5.16. The summed E-state index contributed by atoms with van der Waals surface area (Å²) in [4.78, 5) is 3.28. The molecule has 0 atom stereocenters. The second-order valence-corrected chi connectivity index (χ2v) is 4.59. The van der Waals surface area contributed by atoms with Crippen LogP contribution in [0, 0.1) is 6.57 Å².